The highest BCUT2D eigenvalue weighted by molar-refractivity contribution is 7.90. The molecular weight excluding hydrogens is 1680 g/mol. The van der Waals surface area contributed by atoms with Gasteiger partial charge in [-0.1, -0.05) is 24.3 Å². The summed E-state index contributed by atoms with van der Waals surface area (Å²) in [7, 11) is -1.91. The van der Waals surface area contributed by atoms with Gasteiger partial charge in [0.15, 0.2) is 32.3 Å². The van der Waals surface area contributed by atoms with E-state index in [4.69, 9.17) is 19.9 Å². The second-order valence-electron chi connectivity index (χ2n) is 30.0. The lowest BCUT2D eigenvalue weighted by atomic mass is 9.89. The number of sulfone groups is 1. The highest BCUT2D eigenvalue weighted by Crippen LogP contribution is 2.41. The van der Waals surface area contributed by atoms with Crippen LogP contribution in [0.4, 0.5) is 48.2 Å². The normalized spacial score (nSPS) is 16.2. The lowest BCUT2D eigenvalue weighted by Gasteiger charge is -2.41. The van der Waals surface area contributed by atoms with E-state index < -0.39 is 63.2 Å². The highest BCUT2D eigenvalue weighted by Gasteiger charge is 2.54. The minimum absolute atomic E-state index is 0.00360. The molecule has 33 nitrogen and oxygen atoms in total. The molecule has 41 heteroatoms. The SMILES string of the molecule is COCCOC1CN(c2ccn(-c3cc(-c4c(F)cccc4C#N)nc4c3C(=O)NC4)n2)C1.CS(=O)(=O)c1ccn(-c2cc(-c3c(F)cccc3C#N)nc3c2C(=O)NC3)n1.N#Cc1cccc(F)c1-c1cc(-n2ccc(N3CCCC(N)(C(F)(F)F)C3)n2)c2c(n1)CNC2=O.N#Cc1cccc(F)c1-c1cc(-n2ccc(N3CCCOCC3)n2)c2c(n1)CNC2=O. The number of nitrogens with two attached hydrogens (primary N) is 1. The smallest absolute Gasteiger partial charge is 0.382 e. The Kier molecular flexibility index (Phi) is 23.7. The van der Waals surface area contributed by atoms with Crippen LogP contribution in [0.25, 0.3) is 67.8 Å². The van der Waals surface area contributed by atoms with Crippen LogP contribution in [-0.4, -0.2) is 188 Å². The summed E-state index contributed by atoms with van der Waals surface area (Å²) >= 11 is 0. The Morgan fingerprint density at radius 1 is 0.480 bits per heavy atom. The van der Waals surface area contributed by atoms with Crippen molar-refractivity contribution in [1.29, 1.82) is 21.0 Å². The van der Waals surface area contributed by atoms with E-state index in [2.05, 4.69) is 71.4 Å². The molecule has 0 aliphatic carbocycles. The van der Waals surface area contributed by atoms with E-state index >= 15 is 0 Å². The number of aromatic nitrogens is 12. The molecule has 0 saturated carbocycles. The summed E-state index contributed by atoms with van der Waals surface area (Å²) in [5, 5.41) is 66.1. The van der Waals surface area contributed by atoms with Gasteiger partial charge in [0.1, 0.15) is 28.8 Å². The van der Waals surface area contributed by atoms with Gasteiger partial charge in [-0.05, 0) is 98.1 Å². The van der Waals surface area contributed by atoms with Crippen molar-refractivity contribution in [3.05, 3.63) is 237 Å². The molecule has 1 unspecified atom stereocenters. The largest absolute Gasteiger partial charge is 0.408 e. The van der Waals surface area contributed by atoms with Crippen LogP contribution < -0.4 is 41.7 Å². The maximum Gasteiger partial charge on any atom is 0.408 e. The van der Waals surface area contributed by atoms with Crippen LogP contribution in [0.1, 0.15) is 106 Å². The Balaban J connectivity index is 0.000000125. The highest BCUT2D eigenvalue weighted by atomic mass is 32.2. The number of piperidine rings is 1. The van der Waals surface area contributed by atoms with Crippen molar-refractivity contribution in [2.75, 3.05) is 93.8 Å². The van der Waals surface area contributed by atoms with Gasteiger partial charge in [-0.3, -0.25) is 19.2 Å². The number of benzene rings is 4. The maximum absolute atomic E-state index is 14.7. The minimum Gasteiger partial charge on any atom is -0.382 e. The third-order valence-corrected chi connectivity index (χ3v) is 22.8. The van der Waals surface area contributed by atoms with Gasteiger partial charge in [0, 0.05) is 102 Å². The fraction of sp³-hybridized carbons (Fsp3) is 0.256. The fourth-order valence-electron chi connectivity index (χ4n) is 15.6. The average molecular weight is 1750 g/mol. The van der Waals surface area contributed by atoms with Crippen molar-refractivity contribution in [2.24, 2.45) is 5.73 Å². The molecule has 6 N–H and O–H groups in total. The Labute approximate surface area is 717 Å². The number of pyridine rings is 4. The first-order valence-electron chi connectivity index (χ1n) is 39.4. The third kappa shape index (κ3) is 17.0. The Hall–Kier alpha value is -15.1. The van der Waals surface area contributed by atoms with Gasteiger partial charge in [-0.25, -0.2) is 64.6 Å². The summed E-state index contributed by atoms with van der Waals surface area (Å²) in [6.07, 6.45) is 3.99. The summed E-state index contributed by atoms with van der Waals surface area (Å²) in [5.74, 6) is -1.91. The molecule has 7 aliphatic rings. The topological polar surface area (TPSA) is 432 Å². The Morgan fingerprint density at radius 3 is 1.19 bits per heavy atom. The van der Waals surface area contributed by atoms with Gasteiger partial charge in [0.25, 0.3) is 23.6 Å². The van der Waals surface area contributed by atoms with Gasteiger partial charge in [0.2, 0.25) is 0 Å². The molecule has 8 aromatic heterocycles. The fourth-order valence-corrected chi connectivity index (χ4v) is 16.1. The predicted molar refractivity (Wildman–Crippen MR) is 440 cm³/mol. The van der Waals surface area contributed by atoms with Crippen LogP contribution in [0.3, 0.4) is 0 Å². The third-order valence-electron chi connectivity index (χ3n) is 21.9. The van der Waals surface area contributed by atoms with Crippen LogP contribution in [0.2, 0.25) is 0 Å². The number of hydrogen-bond donors (Lipinski definition) is 5. The lowest BCUT2D eigenvalue weighted by molar-refractivity contribution is -0.187. The number of anilines is 3. The number of nitriles is 4. The van der Waals surface area contributed by atoms with Crippen molar-refractivity contribution in [3.63, 3.8) is 0 Å². The van der Waals surface area contributed by atoms with Gasteiger partial charge in [-0.2, -0.15) is 54.6 Å². The molecule has 3 fully saturated rings. The van der Waals surface area contributed by atoms with E-state index in [1.807, 2.05) is 36.4 Å². The summed E-state index contributed by atoms with van der Waals surface area (Å²) in [6, 6.07) is 37.4. The molecule has 0 spiro atoms. The van der Waals surface area contributed by atoms with Crippen LogP contribution in [0.5, 0.6) is 0 Å². The molecule has 644 valence electrons. The number of nitrogens with one attached hydrogen (secondary N) is 4. The molecule has 4 amide bonds. The van der Waals surface area contributed by atoms with Gasteiger partial charge in [-0.15, -0.1) is 0 Å². The van der Waals surface area contributed by atoms with Gasteiger partial charge >= 0.3 is 6.18 Å². The summed E-state index contributed by atoms with van der Waals surface area (Å²) in [5.41, 5.74) is 9.37. The molecule has 127 heavy (non-hydrogen) atoms. The molecule has 1 atom stereocenters. The van der Waals surface area contributed by atoms with Crippen molar-refractivity contribution in [2.45, 2.75) is 68.3 Å². The Bertz CT molecular complexity index is 6730. The van der Waals surface area contributed by atoms with E-state index in [0.29, 0.717) is 90.4 Å². The van der Waals surface area contributed by atoms with Gasteiger partial charge in [0.05, 0.1) is 211 Å². The van der Waals surface area contributed by atoms with Crippen molar-refractivity contribution in [3.8, 4) is 92.1 Å². The minimum atomic E-state index is -4.56. The van der Waals surface area contributed by atoms with E-state index in [1.165, 1.54) is 118 Å². The summed E-state index contributed by atoms with van der Waals surface area (Å²) in [6.45, 7) is 6.04. The molecule has 0 bridgehead atoms. The Morgan fingerprint density at radius 2 is 0.835 bits per heavy atom. The average Bonchev–Trinajstić information content (AvgIpc) is 1.64. The molecule has 3 saturated heterocycles. The predicted octanol–water partition coefficient (Wildman–Crippen LogP) is 9.10. The summed E-state index contributed by atoms with van der Waals surface area (Å²) in [4.78, 5) is 73.2. The monoisotopic (exact) mass is 1750 g/mol. The lowest BCUT2D eigenvalue weighted by Crippen LogP contribution is -2.63. The molecule has 15 heterocycles. The number of carbonyl (C=O) groups is 4. The van der Waals surface area contributed by atoms with Crippen molar-refractivity contribution in [1.82, 2.24) is 80.3 Å². The maximum atomic E-state index is 14.7. The van der Waals surface area contributed by atoms with Gasteiger partial charge < -0.3 is 55.9 Å². The summed E-state index contributed by atoms with van der Waals surface area (Å²) < 4.78 is 144. The number of halogens is 7. The first-order valence-corrected chi connectivity index (χ1v) is 41.3. The van der Waals surface area contributed by atoms with Crippen LogP contribution >= 0.6 is 0 Å². The molecule has 4 aromatic carbocycles. The second kappa shape index (κ2) is 35.2. The molecule has 0 radical (unpaired) electrons. The molecular formula is C86H71F7N24O9S. The first kappa shape index (κ1) is 85.4. The van der Waals surface area contributed by atoms with Crippen LogP contribution in [0, 0.1) is 68.6 Å². The van der Waals surface area contributed by atoms with Crippen molar-refractivity contribution < 1.29 is 72.5 Å². The zero-order valence-electron chi connectivity index (χ0n) is 67.3. The number of fused-ring (bicyclic) bond motifs is 4. The molecule has 12 aromatic rings. The van der Waals surface area contributed by atoms with Crippen molar-refractivity contribution >= 4 is 50.9 Å². The van der Waals surface area contributed by atoms with E-state index in [0.717, 1.165) is 44.0 Å². The number of methoxy groups -OCH3 is 1. The molecule has 7 aliphatic heterocycles. The zero-order valence-corrected chi connectivity index (χ0v) is 68.1. The van der Waals surface area contributed by atoms with Crippen LogP contribution in [-0.2, 0) is 50.2 Å². The quantitative estimate of drug-likeness (QED) is 0.0444. The zero-order chi connectivity index (χ0) is 89.3. The number of ether oxygens (including phenoxy) is 3. The first-order chi connectivity index (χ1) is 61.1. The number of amides is 4. The molecule has 19 rings (SSSR count). The number of nitrogens with zero attached hydrogens (tertiary/aromatic N) is 19. The van der Waals surface area contributed by atoms with E-state index in [-0.39, 0.29) is 152 Å². The second-order valence-corrected chi connectivity index (χ2v) is 31.9. The van der Waals surface area contributed by atoms with E-state index in [9.17, 15) is 79.4 Å². The number of hydrogen-bond acceptors (Lipinski definition) is 25. The standard InChI is InChI=1S/C23H19F4N7O.C23H21FN6O3.C22H19FN6O2.C18H12FN5O3S/c24-14-4-1-3-13(10-28)19(14)15-9-17(20-16(31-15)11-30-21(20)35)34-8-5-18(32-34)33-7-2-6-22(29,12-33)23(25,26)27;1-32-7-8-33-15-12-29(13-15)20-5-6-30(28-20)19-9-17(27-18-11-26-23(31)22(18)19)21-14(10-25)3-2-4-16(21)24;23-15-4-1-3-14(12-24)20(15)16-11-18(21-17(26-16)13-25-22(21)30)29-7-5-19(27-29)28-6-2-9-31-10-8-28;1-28(26,27)15-5-6-24(23-15)14-7-12(22-13-9-21-18(25)17(13)14)16-10(8-20)3-2-4-11(16)19/h1,3-5,8-9H,2,6-7,11-12,29H2,(H,30,35);2-6,9,15H,7-8,11-13H2,1H3,(H,26,31);1,3-5,7,11H,2,6,8-10,13H2,(H,25,30);2-7H,9H2,1H3,(H,21,25). The number of carbonyl (C=O) groups excluding carboxylic acids is 4. The van der Waals surface area contributed by atoms with E-state index in [1.54, 1.807) is 47.1 Å². The number of alkyl halides is 3. The van der Waals surface area contributed by atoms with Crippen LogP contribution in [0.15, 0.2) is 151 Å². The number of rotatable bonds is 16.